The highest BCUT2D eigenvalue weighted by atomic mass is 35.5. The summed E-state index contributed by atoms with van der Waals surface area (Å²) in [5.41, 5.74) is 6.28. The molecule has 12 heteroatoms. The van der Waals surface area contributed by atoms with Gasteiger partial charge in [-0.15, -0.1) is 10.2 Å². The topological polar surface area (TPSA) is 123 Å². The van der Waals surface area contributed by atoms with Crippen LogP contribution in [-0.4, -0.2) is 43.1 Å². The Bertz CT molecular complexity index is 1390. The average molecular weight is 498 g/mol. The Morgan fingerprint density at radius 3 is 2.77 bits per heavy atom. The van der Waals surface area contributed by atoms with Crippen molar-refractivity contribution in [2.45, 2.75) is 43.7 Å². The predicted molar refractivity (Wildman–Crippen MR) is 128 cm³/mol. The van der Waals surface area contributed by atoms with E-state index in [9.17, 15) is 5.26 Å². The number of nitrogens with one attached hydrogen (secondary N) is 1. The largest absolute Gasteiger partial charge is 0.404 e. The molecule has 0 atom stereocenters. The minimum atomic E-state index is -3.07. The van der Waals surface area contributed by atoms with Gasteiger partial charge < -0.3 is 20.2 Å². The Hall–Kier alpha value is -3.78. The molecule has 1 aliphatic carbocycles. The maximum absolute atomic E-state index is 15.0. The molecule has 4 heterocycles. The third-order valence-corrected chi connectivity index (χ3v) is 6.74. The van der Waals surface area contributed by atoms with Crippen molar-refractivity contribution in [2.24, 2.45) is 10.7 Å². The molecule has 0 radical (unpaired) electrons. The fraction of sp³-hybridized carbons (Fsp3) is 0.348. The monoisotopic (exact) mass is 497 g/mol. The second kappa shape index (κ2) is 8.46. The average Bonchev–Trinajstić information content (AvgIpc) is 3.35. The second-order valence-corrected chi connectivity index (χ2v) is 9.13. The number of nitriles is 1. The maximum atomic E-state index is 15.0. The van der Waals surface area contributed by atoms with E-state index in [1.54, 1.807) is 31.5 Å². The molecular formula is C23H22ClF2N9. The van der Waals surface area contributed by atoms with Gasteiger partial charge in [0, 0.05) is 30.6 Å². The molecule has 1 fully saturated rings. The van der Waals surface area contributed by atoms with E-state index in [0.29, 0.717) is 58.0 Å². The summed E-state index contributed by atoms with van der Waals surface area (Å²) < 4.78 is 33.0. The zero-order valence-corrected chi connectivity index (χ0v) is 19.6. The predicted octanol–water partition coefficient (Wildman–Crippen LogP) is 3.97. The number of hydrogen-bond donors (Lipinski definition) is 2. The first kappa shape index (κ1) is 23.0. The summed E-state index contributed by atoms with van der Waals surface area (Å²) in [6, 6.07) is 5.75. The van der Waals surface area contributed by atoms with Crippen LogP contribution < -0.4 is 11.1 Å². The molecule has 180 valence electrons. The number of fused-ring (bicyclic) bond motifs is 3. The molecule has 3 N–H and O–H groups in total. The lowest BCUT2D eigenvalue weighted by Gasteiger charge is -2.34. The quantitative estimate of drug-likeness (QED) is 0.415. The molecule has 3 aromatic rings. The van der Waals surface area contributed by atoms with Crippen LogP contribution in [0.1, 0.15) is 25.1 Å². The van der Waals surface area contributed by atoms with Crippen molar-refractivity contribution in [3.63, 3.8) is 0 Å². The summed E-state index contributed by atoms with van der Waals surface area (Å²) in [5.74, 6) is -1.50. The number of aliphatic imine (C=N–C) groups is 1. The number of hydrogen-bond acceptors (Lipinski definition) is 6. The number of halogens is 3. The summed E-state index contributed by atoms with van der Waals surface area (Å²) in [5, 5.41) is 21.6. The summed E-state index contributed by atoms with van der Waals surface area (Å²) in [6.07, 6.45) is 8.06. The first-order chi connectivity index (χ1) is 16.8. The molecule has 0 unspecified atom stereocenters. The Labute approximate surface area is 205 Å². The molecule has 2 aliphatic rings. The van der Waals surface area contributed by atoms with Crippen LogP contribution in [0.2, 0.25) is 5.02 Å². The summed E-state index contributed by atoms with van der Waals surface area (Å²) in [4.78, 5) is 8.34. The number of aromatic nitrogens is 5. The van der Waals surface area contributed by atoms with Gasteiger partial charge in [0.2, 0.25) is 0 Å². The number of alkyl halides is 2. The molecule has 5 rings (SSSR count). The van der Waals surface area contributed by atoms with Gasteiger partial charge >= 0.3 is 0 Å². The van der Waals surface area contributed by atoms with Gasteiger partial charge in [-0.05, 0) is 43.7 Å². The summed E-state index contributed by atoms with van der Waals surface area (Å²) >= 11 is 6.44. The van der Waals surface area contributed by atoms with E-state index in [4.69, 9.17) is 17.3 Å². The molecule has 0 aromatic carbocycles. The molecular weight excluding hydrogens is 476 g/mol. The molecule has 0 saturated heterocycles. The minimum Gasteiger partial charge on any atom is -0.404 e. The molecule has 0 amide bonds. The molecule has 3 aromatic heterocycles. The van der Waals surface area contributed by atoms with Gasteiger partial charge in [-0.25, -0.2) is 13.8 Å². The number of pyridine rings is 1. The first-order valence-corrected chi connectivity index (χ1v) is 11.4. The molecule has 35 heavy (non-hydrogen) atoms. The third-order valence-electron chi connectivity index (χ3n) is 6.43. The molecule has 1 saturated carbocycles. The smallest absolute Gasteiger partial charge is 0.283 e. The van der Waals surface area contributed by atoms with Gasteiger partial charge in [0.25, 0.3) is 5.92 Å². The highest BCUT2D eigenvalue weighted by molar-refractivity contribution is 6.33. The first-order valence-electron chi connectivity index (χ1n) is 11.0. The van der Waals surface area contributed by atoms with Gasteiger partial charge in [0.05, 0.1) is 29.9 Å². The van der Waals surface area contributed by atoms with E-state index < -0.39 is 24.4 Å². The van der Waals surface area contributed by atoms with Gasteiger partial charge in [0.15, 0.2) is 11.6 Å². The van der Waals surface area contributed by atoms with Crippen LogP contribution in [-0.2, 0) is 18.5 Å². The lowest BCUT2D eigenvalue weighted by Crippen LogP contribution is -2.37. The number of nitrogens with two attached hydrogens (primary N) is 1. The van der Waals surface area contributed by atoms with Crippen molar-refractivity contribution in [1.82, 2.24) is 24.3 Å². The van der Waals surface area contributed by atoms with Crippen molar-refractivity contribution < 1.29 is 8.78 Å². The van der Waals surface area contributed by atoms with Crippen LogP contribution >= 0.6 is 11.6 Å². The van der Waals surface area contributed by atoms with Gasteiger partial charge in [-0.3, -0.25) is 4.99 Å². The fourth-order valence-corrected chi connectivity index (χ4v) is 4.75. The van der Waals surface area contributed by atoms with E-state index >= 15 is 8.78 Å². The number of rotatable bonds is 4. The van der Waals surface area contributed by atoms with Crippen LogP contribution in [0.25, 0.3) is 22.6 Å². The highest BCUT2D eigenvalue weighted by Gasteiger charge is 2.47. The SMILES string of the molecule is CN=C(C=CN)Nc1cc(-c2cc3n(c2)CC(F)(F)Cn2c-3nnc2C2(C#N)CCC2)c(Cl)cn1. The van der Waals surface area contributed by atoms with E-state index in [0.717, 1.165) is 6.42 Å². The van der Waals surface area contributed by atoms with E-state index in [1.807, 2.05) is 0 Å². The maximum Gasteiger partial charge on any atom is 0.283 e. The van der Waals surface area contributed by atoms with Crippen LogP contribution in [0, 0.1) is 11.3 Å². The van der Waals surface area contributed by atoms with Crippen molar-refractivity contribution in [3.8, 4) is 28.7 Å². The molecule has 1 aliphatic heterocycles. The Kier molecular flexibility index (Phi) is 5.56. The highest BCUT2D eigenvalue weighted by Crippen LogP contribution is 2.45. The summed E-state index contributed by atoms with van der Waals surface area (Å²) in [6.45, 7) is -1.12. The van der Waals surface area contributed by atoms with Crippen LogP contribution in [0.3, 0.4) is 0 Å². The van der Waals surface area contributed by atoms with Crippen LogP contribution in [0.4, 0.5) is 14.6 Å². The number of amidine groups is 1. The normalized spacial score (nSPS) is 18.3. The molecule has 0 spiro atoms. The Balaban J connectivity index is 1.59. The molecule has 0 bridgehead atoms. The van der Waals surface area contributed by atoms with Crippen molar-refractivity contribution in [3.05, 3.63) is 47.6 Å². The lowest BCUT2D eigenvalue weighted by molar-refractivity contribution is -0.0308. The van der Waals surface area contributed by atoms with E-state index in [1.165, 1.54) is 21.5 Å². The third kappa shape index (κ3) is 3.93. The standard InChI is InChI=1S/C23H22ClF2N9/c1-29-18(3-6-27)31-19-8-15(16(24)9-30-19)14-7-17-20-32-33-21(22(11-28)4-2-5-22)35(20)13-23(25,26)12-34(17)10-14/h3,6-10H,2,4-5,12-13,27H2,1H3,(H,29,30,31). The Morgan fingerprint density at radius 1 is 1.31 bits per heavy atom. The van der Waals surface area contributed by atoms with Crippen LogP contribution in [0.15, 0.2) is 41.8 Å². The van der Waals surface area contributed by atoms with Crippen LogP contribution in [0.5, 0.6) is 0 Å². The fourth-order valence-electron chi connectivity index (χ4n) is 4.54. The molecule has 9 nitrogen and oxygen atoms in total. The Morgan fingerprint density at radius 2 is 2.11 bits per heavy atom. The van der Waals surface area contributed by atoms with Crippen molar-refractivity contribution >= 4 is 23.3 Å². The number of anilines is 1. The number of nitrogens with zero attached hydrogens (tertiary/aromatic N) is 7. The zero-order valence-electron chi connectivity index (χ0n) is 18.8. The zero-order chi connectivity index (χ0) is 24.8. The van der Waals surface area contributed by atoms with Gasteiger partial charge in [-0.1, -0.05) is 11.6 Å². The second-order valence-electron chi connectivity index (χ2n) is 8.72. The lowest BCUT2D eigenvalue weighted by atomic mass is 9.69. The minimum absolute atomic E-state index is 0.307. The van der Waals surface area contributed by atoms with Gasteiger partial charge in [-0.2, -0.15) is 5.26 Å². The van der Waals surface area contributed by atoms with E-state index in [2.05, 4.69) is 31.6 Å². The van der Waals surface area contributed by atoms with Crippen molar-refractivity contribution in [2.75, 3.05) is 12.4 Å². The van der Waals surface area contributed by atoms with E-state index in [-0.39, 0.29) is 0 Å². The summed E-state index contributed by atoms with van der Waals surface area (Å²) in [7, 11) is 1.61. The van der Waals surface area contributed by atoms with Crippen molar-refractivity contribution in [1.29, 1.82) is 5.26 Å². The van der Waals surface area contributed by atoms with Gasteiger partial charge in [0.1, 0.15) is 17.1 Å².